The molecule has 0 spiro atoms. The third kappa shape index (κ3) is 4.57. The van der Waals surface area contributed by atoms with E-state index < -0.39 is 17.9 Å². The van der Waals surface area contributed by atoms with Gasteiger partial charge in [0.25, 0.3) is 5.91 Å². The predicted molar refractivity (Wildman–Crippen MR) is 97.2 cm³/mol. The van der Waals surface area contributed by atoms with Crippen LogP contribution in [-0.4, -0.2) is 50.0 Å². The summed E-state index contributed by atoms with van der Waals surface area (Å²) < 4.78 is 7.18. The molecule has 2 rings (SSSR count). The van der Waals surface area contributed by atoms with Gasteiger partial charge in [-0.1, -0.05) is 0 Å². The fourth-order valence-electron chi connectivity index (χ4n) is 2.73. The second kappa shape index (κ2) is 7.41. The fourth-order valence-corrected chi connectivity index (χ4v) is 2.73. The van der Waals surface area contributed by atoms with Gasteiger partial charge in [-0.2, -0.15) is 5.10 Å². The lowest BCUT2D eigenvalue weighted by atomic mass is 10.1. The SMILES string of the molecule is Cc1cc(C(=O)NC(CCOC(C)(C)C)C(=O)O)c2c(C)nn(C)c2n1. The molecule has 0 radical (unpaired) electrons. The molecule has 2 N–H and O–H groups in total. The monoisotopic (exact) mass is 362 g/mol. The Kier molecular flexibility index (Phi) is 5.65. The lowest BCUT2D eigenvalue weighted by Crippen LogP contribution is -2.42. The van der Waals surface area contributed by atoms with Gasteiger partial charge in [-0.15, -0.1) is 0 Å². The first-order valence-corrected chi connectivity index (χ1v) is 8.48. The topological polar surface area (TPSA) is 106 Å². The molecule has 0 fully saturated rings. The summed E-state index contributed by atoms with van der Waals surface area (Å²) in [5.74, 6) is -1.56. The summed E-state index contributed by atoms with van der Waals surface area (Å²) in [5, 5.41) is 17.0. The van der Waals surface area contributed by atoms with Crippen molar-refractivity contribution >= 4 is 22.9 Å². The molecule has 1 unspecified atom stereocenters. The zero-order valence-corrected chi connectivity index (χ0v) is 16.1. The normalized spacial score (nSPS) is 13.0. The first-order chi connectivity index (χ1) is 12.0. The van der Waals surface area contributed by atoms with Gasteiger partial charge >= 0.3 is 5.97 Å². The third-order valence-corrected chi connectivity index (χ3v) is 3.89. The Balaban J connectivity index is 2.24. The highest BCUT2D eigenvalue weighted by Gasteiger charge is 2.24. The van der Waals surface area contributed by atoms with Crippen molar-refractivity contribution in [3.05, 3.63) is 23.0 Å². The molecule has 0 aliphatic heterocycles. The number of aromatic nitrogens is 3. The molecule has 142 valence electrons. The molecule has 2 aromatic heterocycles. The number of hydrogen-bond donors (Lipinski definition) is 2. The number of hydrogen-bond acceptors (Lipinski definition) is 5. The molecular formula is C18H26N4O4. The number of carbonyl (C=O) groups is 2. The quantitative estimate of drug-likeness (QED) is 0.814. The summed E-state index contributed by atoms with van der Waals surface area (Å²) in [6.07, 6.45) is 0.178. The molecule has 26 heavy (non-hydrogen) atoms. The van der Waals surface area contributed by atoms with Gasteiger partial charge in [0, 0.05) is 25.8 Å². The number of fused-ring (bicyclic) bond motifs is 1. The van der Waals surface area contributed by atoms with Gasteiger partial charge in [0.05, 0.1) is 22.2 Å². The van der Waals surface area contributed by atoms with Gasteiger partial charge in [0.2, 0.25) is 0 Å². The van der Waals surface area contributed by atoms with Crippen molar-refractivity contribution in [1.29, 1.82) is 0 Å². The standard InChI is InChI=1S/C18H26N4O4/c1-10-9-12(14-11(2)21-22(6)15(14)19-10)16(23)20-13(17(24)25)7-8-26-18(3,4)5/h9,13H,7-8H2,1-6H3,(H,20,23)(H,24,25). The first-order valence-electron chi connectivity index (χ1n) is 8.48. The van der Waals surface area contributed by atoms with Crippen LogP contribution in [0.5, 0.6) is 0 Å². The highest BCUT2D eigenvalue weighted by Crippen LogP contribution is 2.21. The maximum absolute atomic E-state index is 12.8. The summed E-state index contributed by atoms with van der Waals surface area (Å²) >= 11 is 0. The van der Waals surface area contributed by atoms with E-state index in [4.69, 9.17) is 4.74 Å². The molecule has 0 bridgehead atoms. The Morgan fingerprint density at radius 1 is 1.35 bits per heavy atom. The largest absolute Gasteiger partial charge is 0.480 e. The Labute approximate surface area is 152 Å². The smallest absolute Gasteiger partial charge is 0.326 e. The van der Waals surface area contributed by atoms with Gasteiger partial charge in [-0.3, -0.25) is 9.48 Å². The Morgan fingerprint density at radius 2 is 2.00 bits per heavy atom. The van der Waals surface area contributed by atoms with Gasteiger partial charge in [0.15, 0.2) is 5.65 Å². The van der Waals surface area contributed by atoms with Crippen LogP contribution in [0.4, 0.5) is 0 Å². The lowest BCUT2D eigenvalue weighted by Gasteiger charge is -2.21. The summed E-state index contributed by atoms with van der Waals surface area (Å²) in [5.41, 5.74) is 1.93. The van der Waals surface area contributed by atoms with E-state index in [9.17, 15) is 14.7 Å². The van der Waals surface area contributed by atoms with Crippen LogP contribution in [-0.2, 0) is 16.6 Å². The van der Waals surface area contributed by atoms with E-state index in [0.29, 0.717) is 28.0 Å². The van der Waals surface area contributed by atoms with Crippen molar-refractivity contribution in [1.82, 2.24) is 20.1 Å². The molecule has 8 heteroatoms. The van der Waals surface area contributed by atoms with Crippen molar-refractivity contribution in [2.75, 3.05) is 6.61 Å². The van der Waals surface area contributed by atoms with E-state index in [0.717, 1.165) is 0 Å². The Hall–Kier alpha value is -2.48. The average Bonchev–Trinajstić information content (AvgIpc) is 2.78. The summed E-state index contributed by atoms with van der Waals surface area (Å²) in [6, 6.07) is 0.613. The minimum Gasteiger partial charge on any atom is -0.480 e. The Morgan fingerprint density at radius 3 is 2.58 bits per heavy atom. The minimum atomic E-state index is -1.10. The summed E-state index contributed by atoms with van der Waals surface area (Å²) in [6.45, 7) is 9.48. The molecular weight excluding hydrogens is 336 g/mol. The number of ether oxygens (including phenoxy) is 1. The molecule has 1 atom stereocenters. The van der Waals surface area contributed by atoms with Gasteiger partial charge in [0.1, 0.15) is 6.04 Å². The number of rotatable bonds is 6. The van der Waals surface area contributed by atoms with Crippen LogP contribution in [0, 0.1) is 13.8 Å². The highest BCUT2D eigenvalue weighted by atomic mass is 16.5. The van der Waals surface area contributed by atoms with Gasteiger partial charge < -0.3 is 15.2 Å². The molecule has 0 aliphatic carbocycles. The second-order valence-corrected chi connectivity index (χ2v) is 7.33. The predicted octanol–water partition coefficient (Wildman–Crippen LogP) is 1.97. The molecule has 0 saturated heterocycles. The second-order valence-electron chi connectivity index (χ2n) is 7.33. The Bertz CT molecular complexity index is 836. The van der Waals surface area contributed by atoms with E-state index >= 15 is 0 Å². The maximum atomic E-state index is 12.8. The number of carboxylic acids is 1. The van der Waals surface area contributed by atoms with Gasteiger partial charge in [-0.05, 0) is 40.7 Å². The van der Waals surface area contributed by atoms with Crippen molar-refractivity contribution in [2.45, 2.75) is 52.7 Å². The number of amides is 1. The minimum absolute atomic E-state index is 0.178. The van der Waals surface area contributed by atoms with E-state index in [1.165, 1.54) is 0 Å². The van der Waals surface area contributed by atoms with Crippen molar-refractivity contribution < 1.29 is 19.4 Å². The van der Waals surface area contributed by atoms with E-state index in [1.54, 1.807) is 31.6 Å². The molecule has 1 amide bonds. The average molecular weight is 362 g/mol. The molecule has 0 aromatic carbocycles. The van der Waals surface area contributed by atoms with E-state index in [-0.39, 0.29) is 18.6 Å². The van der Waals surface area contributed by atoms with Crippen LogP contribution in [0.2, 0.25) is 0 Å². The van der Waals surface area contributed by atoms with Crippen molar-refractivity contribution in [3.63, 3.8) is 0 Å². The van der Waals surface area contributed by atoms with Crippen molar-refractivity contribution in [3.8, 4) is 0 Å². The van der Waals surface area contributed by atoms with E-state index in [1.807, 2.05) is 20.8 Å². The highest BCUT2D eigenvalue weighted by molar-refractivity contribution is 6.07. The number of carbonyl (C=O) groups excluding carboxylic acids is 1. The van der Waals surface area contributed by atoms with E-state index in [2.05, 4.69) is 15.4 Å². The van der Waals surface area contributed by atoms with Crippen LogP contribution in [0.15, 0.2) is 6.07 Å². The molecule has 0 aliphatic rings. The number of aliphatic carboxylic acids is 1. The molecule has 0 saturated carbocycles. The fraction of sp³-hybridized carbons (Fsp3) is 0.556. The number of carboxylic acid groups (broad SMARTS) is 1. The molecule has 2 aromatic rings. The molecule has 2 heterocycles. The van der Waals surface area contributed by atoms with Crippen LogP contribution >= 0.6 is 0 Å². The first kappa shape index (κ1) is 19.8. The molecule has 8 nitrogen and oxygen atoms in total. The summed E-state index contributed by atoms with van der Waals surface area (Å²) in [7, 11) is 1.76. The van der Waals surface area contributed by atoms with Crippen molar-refractivity contribution in [2.24, 2.45) is 7.05 Å². The lowest BCUT2D eigenvalue weighted by molar-refractivity contribution is -0.140. The zero-order valence-electron chi connectivity index (χ0n) is 16.1. The third-order valence-electron chi connectivity index (χ3n) is 3.89. The van der Waals surface area contributed by atoms with Crippen LogP contribution in [0.3, 0.4) is 0 Å². The number of pyridine rings is 1. The number of aryl methyl sites for hydroxylation is 3. The number of nitrogens with zero attached hydrogens (tertiary/aromatic N) is 3. The summed E-state index contributed by atoms with van der Waals surface area (Å²) in [4.78, 5) is 28.7. The van der Waals surface area contributed by atoms with Gasteiger partial charge in [-0.25, -0.2) is 9.78 Å². The zero-order chi connectivity index (χ0) is 19.6. The van der Waals surface area contributed by atoms with Crippen LogP contribution < -0.4 is 5.32 Å². The number of nitrogens with one attached hydrogen (secondary N) is 1. The van der Waals surface area contributed by atoms with Crippen LogP contribution in [0.1, 0.15) is 48.9 Å². The van der Waals surface area contributed by atoms with Crippen LogP contribution in [0.25, 0.3) is 11.0 Å². The maximum Gasteiger partial charge on any atom is 0.326 e.